The summed E-state index contributed by atoms with van der Waals surface area (Å²) in [4.78, 5) is 29.0. The highest BCUT2D eigenvalue weighted by Crippen LogP contribution is 2.41. The summed E-state index contributed by atoms with van der Waals surface area (Å²) in [5.74, 6) is -2.66. The number of hydrogen-bond donors (Lipinski definition) is 2. The molecule has 1 aliphatic heterocycles. The molecular formula is C23H25FN2O5. The third-order valence-electron chi connectivity index (χ3n) is 5.17. The van der Waals surface area contributed by atoms with Crippen molar-refractivity contribution in [2.75, 3.05) is 34.3 Å². The molecule has 1 unspecified atom stereocenters. The van der Waals surface area contributed by atoms with Crippen LogP contribution in [0, 0.1) is 5.82 Å². The Morgan fingerprint density at radius 3 is 2.55 bits per heavy atom. The van der Waals surface area contributed by atoms with Gasteiger partial charge in [0.25, 0.3) is 11.7 Å². The third kappa shape index (κ3) is 4.54. The van der Waals surface area contributed by atoms with E-state index in [0.717, 1.165) is 0 Å². The number of carbonyl (C=O) groups is 2. The van der Waals surface area contributed by atoms with E-state index >= 15 is 0 Å². The number of ether oxygens (including phenoxy) is 1. The van der Waals surface area contributed by atoms with Crippen LogP contribution in [0.3, 0.4) is 0 Å². The van der Waals surface area contributed by atoms with Crippen molar-refractivity contribution in [2.45, 2.75) is 12.5 Å². The van der Waals surface area contributed by atoms with Crippen LogP contribution in [0.4, 0.5) is 4.39 Å². The topological polar surface area (TPSA) is 90.3 Å². The van der Waals surface area contributed by atoms with Crippen molar-refractivity contribution in [2.24, 2.45) is 0 Å². The molecule has 164 valence electrons. The number of halogens is 1. The lowest BCUT2D eigenvalue weighted by Crippen LogP contribution is -2.32. The highest BCUT2D eigenvalue weighted by Gasteiger charge is 2.46. The minimum Gasteiger partial charge on any atom is -0.507 e. The first-order valence-electron chi connectivity index (χ1n) is 9.80. The molecule has 1 heterocycles. The van der Waals surface area contributed by atoms with Gasteiger partial charge in [-0.2, -0.15) is 0 Å². The first-order chi connectivity index (χ1) is 14.7. The molecule has 1 fully saturated rings. The zero-order valence-electron chi connectivity index (χ0n) is 17.6. The number of benzene rings is 2. The summed E-state index contributed by atoms with van der Waals surface area (Å²) in [6.45, 7) is 0.924. The zero-order valence-corrected chi connectivity index (χ0v) is 17.6. The molecule has 0 aliphatic carbocycles. The predicted octanol–water partition coefficient (Wildman–Crippen LogP) is 2.91. The van der Waals surface area contributed by atoms with Crippen LogP contribution in [0.5, 0.6) is 11.5 Å². The predicted molar refractivity (Wildman–Crippen MR) is 113 cm³/mol. The number of likely N-dealkylation sites (tertiary alicyclic amines) is 1. The molecule has 0 saturated carbocycles. The molecule has 0 bridgehead atoms. The van der Waals surface area contributed by atoms with Crippen molar-refractivity contribution in [1.29, 1.82) is 0 Å². The first-order valence-corrected chi connectivity index (χ1v) is 9.80. The lowest BCUT2D eigenvalue weighted by atomic mass is 9.95. The number of aromatic hydroxyl groups is 1. The Morgan fingerprint density at radius 2 is 1.94 bits per heavy atom. The minimum atomic E-state index is -0.973. The van der Waals surface area contributed by atoms with Gasteiger partial charge in [0.15, 0.2) is 0 Å². The number of aliphatic hydroxyl groups is 1. The third-order valence-corrected chi connectivity index (χ3v) is 5.17. The average Bonchev–Trinajstić information content (AvgIpc) is 2.98. The van der Waals surface area contributed by atoms with E-state index in [9.17, 15) is 24.2 Å². The molecule has 3 rings (SSSR count). The number of Topliss-reactive ketones (excluding diaryl/α,β-unsaturated/α-hetero) is 1. The molecule has 0 aromatic heterocycles. The Bertz CT molecular complexity index is 1030. The molecule has 1 saturated heterocycles. The Labute approximate surface area is 180 Å². The van der Waals surface area contributed by atoms with Gasteiger partial charge in [-0.3, -0.25) is 9.59 Å². The van der Waals surface area contributed by atoms with Crippen LogP contribution < -0.4 is 4.74 Å². The fourth-order valence-electron chi connectivity index (χ4n) is 3.67. The van der Waals surface area contributed by atoms with E-state index < -0.39 is 29.3 Å². The SMILES string of the molecule is COc1ccc(C(O)=C2C(=O)C(=O)N(CCCN(C)C)C2c2cccc(F)c2)c(O)c1. The maximum Gasteiger partial charge on any atom is 0.295 e. The lowest BCUT2D eigenvalue weighted by molar-refractivity contribution is -0.139. The maximum absolute atomic E-state index is 14.0. The fourth-order valence-corrected chi connectivity index (χ4v) is 3.67. The molecule has 1 atom stereocenters. The number of methoxy groups -OCH3 is 1. The van der Waals surface area contributed by atoms with Crippen LogP contribution in [-0.4, -0.2) is 66.0 Å². The summed E-state index contributed by atoms with van der Waals surface area (Å²) in [5.41, 5.74) is 0.146. The smallest absolute Gasteiger partial charge is 0.295 e. The number of phenols is 1. The van der Waals surface area contributed by atoms with E-state index in [1.807, 2.05) is 19.0 Å². The van der Waals surface area contributed by atoms with Gasteiger partial charge in [0.2, 0.25) is 0 Å². The molecule has 31 heavy (non-hydrogen) atoms. The van der Waals surface area contributed by atoms with E-state index in [2.05, 4.69) is 0 Å². The molecule has 2 N–H and O–H groups in total. The van der Waals surface area contributed by atoms with Gasteiger partial charge in [-0.15, -0.1) is 0 Å². The van der Waals surface area contributed by atoms with Gasteiger partial charge < -0.3 is 24.7 Å². The van der Waals surface area contributed by atoms with Gasteiger partial charge in [-0.25, -0.2) is 4.39 Å². The zero-order chi connectivity index (χ0) is 22.7. The Hall–Kier alpha value is -3.39. The Balaban J connectivity index is 2.12. The molecule has 2 aromatic rings. The number of phenolic OH excluding ortho intramolecular Hbond substituents is 1. The van der Waals surface area contributed by atoms with Crippen LogP contribution in [0.1, 0.15) is 23.6 Å². The van der Waals surface area contributed by atoms with Crippen LogP contribution in [-0.2, 0) is 9.59 Å². The number of nitrogens with zero attached hydrogens (tertiary/aromatic N) is 2. The second-order valence-corrected chi connectivity index (χ2v) is 7.59. The summed E-state index contributed by atoms with van der Waals surface area (Å²) >= 11 is 0. The van der Waals surface area contributed by atoms with Crippen molar-refractivity contribution in [1.82, 2.24) is 9.80 Å². The fraction of sp³-hybridized carbons (Fsp3) is 0.304. The number of hydrogen-bond acceptors (Lipinski definition) is 6. The quantitative estimate of drug-likeness (QED) is 0.400. The van der Waals surface area contributed by atoms with Crippen molar-refractivity contribution in [3.63, 3.8) is 0 Å². The molecule has 0 radical (unpaired) electrons. The normalized spacial score (nSPS) is 18.1. The van der Waals surface area contributed by atoms with E-state index in [1.165, 1.54) is 48.4 Å². The van der Waals surface area contributed by atoms with Crippen LogP contribution in [0.2, 0.25) is 0 Å². The van der Waals surface area contributed by atoms with E-state index in [4.69, 9.17) is 4.74 Å². The number of carbonyl (C=O) groups excluding carboxylic acids is 2. The van der Waals surface area contributed by atoms with Gasteiger partial charge in [0.1, 0.15) is 23.1 Å². The Morgan fingerprint density at radius 1 is 1.19 bits per heavy atom. The summed E-state index contributed by atoms with van der Waals surface area (Å²) in [6.07, 6.45) is 0.583. The minimum absolute atomic E-state index is 0.0199. The Kier molecular flexibility index (Phi) is 6.60. The van der Waals surface area contributed by atoms with Crippen LogP contribution in [0.15, 0.2) is 48.0 Å². The second-order valence-electron chi connectivity index (χ2n) is 7.59. The lowest BCUT2D eigenvalue weighted by Gasteiger charge is -2.26. The number of amides is 1. The second kappa shape index (κ2) is 9.18. The molecule has 1 amide bonds. The summed E-state index contributed by atoms with van der Waals surface area (Å²) in [5, 5.41) is 21.3. The number of ketones is 1. The highest BCUT2D eigenvalue weighted by molar-refractivity contribution is 6.46. The first kappa shape index (κ1) is 22.3. The van der Waals surface area contributed by atoms with E-state index in [-0.39, 0.29) is 23.4 Å². The summed E-state index contributed by atoms with van der Waals surface area (Å²) in [7, 11) is 5.22. The van der Waals surface area contributed by atoms with Crippen molar-refractivity contribution < 1.29 is 28.9 Å². The molecule has 0 spiro atoms. The summed E-state index contributed by atoms with van der Waals surface area (Å²) in [6, 6.07) is 8.80. The molecule has 7 nitrogen and oxygen atoms in total. The van der Waals surface area contributed by atoms with Gasteiger partial charge in [0.05, 0.1) is 24.3 Å². The average molecular weight is 428 g/mol. The monoisotopic (exact) mass is 428 g/mol. The van der Waals surface area contributed by atoms with Crippen molar-refractivity contribution >= 4 is 17.4 Å². The molecule has 2 aromatic carbocycles. The highest BCUT2D eigenvalue weighted by atomic mass is 19.1. The van der Waals surface area contributed by atoms with Crippen LogP contribution in [0.25, 0.3) is 5.76 Å². The largest absolute Gasteiger partial charge is 0.507 e. The van der Waals surface area contributed by atoms with Gasteiger partial charge in [-0.1, -0.05) is 12.1 Å². The molecular weight excluding hydrogens is 403 g/mol. The number of aliphatic hydroxyl groups excluding tert-OH is 1. The molecule has 1 aliphatic rings. The van der Waals surface area contributed by atoms with Gasteiger partial charge in [0, 0.05) is 12.6 Å². The maximum atomic E-state index is 14.0. The van der Waals surface area contributed by atoms with E-state index in [0.29, 0.717) is 24.3 Å². The van der Waals surface area contributed by atoms with E-state index in [1.54, 1.807) is 6.07 Å². The van der Waals surface area contributed by atoms with Crippen molar-refractivity contribution in [3.8, 4) is 11.5 Å². The summed E-state index contributed by atoms with van der Waals surface area (Å²) < 4.78 is 19.0. The molecule has 8 heteroatoms. The van der Waals surface area contributed by atoms with Gasteiger partial charge in [-0.05, 0) is 56.9 Å². The standard InChI is InChI=1S/C23H25FN2O5/c1-25(2)10-5-11-26-20(14-6-4-7-15(24)12-14)19(22(29)23(26)30)21(28)17-9-8-16(31-3)13-18(17)27/h4,6-9,12-13,20,27-28H,5,10-11H2,1-3H3. The number of rotatable bonds is 7. The van der Waals surface area contributed by atoms with Gasteiger partial charge >= 0.3 is 0 Å². The van der Waals surface area contributed by atoms with Crippen LogP contribution >= 0.6 is 0 Å². The van der Waals surface area contributed by atoms with Crippen molar-refractivity contribution in [3.05, 3.63) is 65.0 Å².